The molecule has 3 rings (SSSR count). The lowest BCUT2D eigenvalue weighted by Gasteiger charge is -2.12. The average Bonchev–Trinajstić information content (AvgIpc) is 3.09. The number of imide groups is 1. The maximum Gasteiger partial charge on any atom is 0.265 e. The van der Waals surface area contributed by atoms with Crippen LogP contribution < -0.4 is 9.47 Å². The molecule has 0 atom stereocenters. The first-order valence-corrected chi connectivity index (χ1v) is 6.26. The number of aromatic nitrogens is 2. The van der Waals surface area contributed by atoms with E-state index in [2.05, 4.69) is 10.2 Å². The van der Waals surface area contributed by atoms with Gasteiger partial charge in [-0.1, -0.05) is 0 Å². The number of aromatic amines is 1. The van der Waals surface area contributed by atoms with Crippen molar-refractivity contribution in [3.8, 4) is 11.5 Å². The molecule has 7 heteroatoms. The molecule has 21 heavy (non-hydrogen) atoms. The molecule has 2 amide bonds. The highest BCUT2D eigenvalue weighted by Crippen LogP contribution is 2.38. The third-order valence-electron chi connectivity index (χ3n) is 3.37. The zero-order valence-corrected chi connectivity index (χ0v) is 11.5. The zero-order valence-electron chi connectivity index (χ0n) is 11.5. The van der Waals surface area contributed by atoms with Gasteiger partial charge in [0.1, 0.15) is 0 Å². The molecule has 0 radical (unpaired) electrons. The Balaban J connectivity index is 2.04. The summed E-state index contributed by atoms with van der Waals surface area (Å²) in [6.07, 6.45) is 1.57. The van der Waals surface area contributed by atoms with Gasteiger partial charge >= 0.3 is 0 Å². The van der Waals surface area contributed by atoms with Crippen molar-refractivity contribution in [2.45, 2.75) is 6.54 Å². The number of hydrogen-bond acceptors (Lipinski definition) is 5. The summed E-state index contributed by atoms with van der Waals surface area (Å²) in [5.74, 6) is -0.0628. The highest BCUT2D eigenvalue weighted by molar-refractivity contribution is 6.22. The highest BCUT2D eigenvalue weighted by atomic mass is 16.5. The van der Waals surface area contributed by atoms with Crippen molar-refractivity contribution in [2.24, 2.45) is 0 Å². The number of hydrogen-bond donors (Lipinski definition) is 1. The molecule has 0 saturated carbocycles. The Hall–Kier alpha value is -2.83. The minimum absolute atomic E-state index is 0.137. The van der Waals surface area contributed by atoms with E-state index in [1.54, 1.807) is 24.4 Å². The molecule has 1 aromatic carbocycles. The van der Waals surface area contributed by atoms with Crippen molar-refractivity contribution >= 4 is 11.8 Å². The number of nitrogens with one attached hydrogen (secondary N) is 1. The number of H-pyrrole nitrogens is 1. The Labute approximate surface area is 120 Å². The summed E-state index contributed by atoms with van der Waals surface area (Å²) >= 11 is 0. The number of carbonyl (C=O) groups excluding carboxylic acids is 2. The fourth-order valence-corrected chi connectivity index (χ4v) is 2.38. The number of methoxy groups -OCH3 is 2. The van der Waals surface area contributed by atoms with Crippen LogP contribution in [-0.2, 0) is 6.54 Å². The van der Waals surface area contributed by atoms with E-state index in [0.717, 1.165) is 4.90 Å². The van der Waals surface area contributed by atoms with Gasteiger partial charge in [0.2, 0.25) is 0 Å². The third kappa shape index (κ3) is 1.94. The number of fused-ring (bicyclic) bond motifs is 1. The van der Waals surface area contributed by atoms with Crippen LogP contribution in [0.5, 0.6) is 11.5 Å². The first kappa shape index (κ1) is 13.2. The summed E-state index contributed by atoms with van der Waals surface area (Å²) in [7, 11) is 2.92. The quantitative estimate of drug-likeness (QED) is 0.855. The standard InChI is InChI=1S/C14H13N3O4/c1-20-10-4-3-9-11(12(10)21-2)14(19)17(13(9)18)7-8-5-6-15-16-8/h3-6H,7H2,1-2H3,(H,15,16). The molecule has 1 aliphatic heterocycles. The van der Waals surface area contributed by atoms with Crippen LogP contribution in [0.2, 0.25) is 0 Å². The molecule has 0 bridgehead atoms. The van der Waals surface area contributed by atoms with Crippen LogP contribution in [0.25, 0.3) is 0 Å². The van der Waals surface area contributed by atoms with Gasteiger partial charge in [-0.2, -0.15) is 5.10 Å². The van der Waals surface area contributed by atoms with Crippen molar-refractivity contribution in [2.75, 3.05) is 14.2 Å². The SMILES string of the molecule is COc1ccc2c(c1OC)C(=O)N(Cc1ccn[nH]1)C2=O. The van der Waals surface area contributed by atoms with E-state index >= 15 is 0 Å². The first-order valence-electron chi connectivity index (χ1n) is 6.26. The van der Waals surface area contributed by atoms with Crippen LogP contribution in [0.1, 0.15) is 26.4 Å². The molecule has 0 spiro atoms. The van der Waals surface area contributed by atoms with E-state index in [1.807, 2.05) is 0 Å². The lowest BCUT2D eigenvalue weighted by atomic mass is 10.1. The summed E-state index contributed by atoms with van der Waals surface area (Å²) in [5, 5.41) is 6.54. The zero-order chi connectivity index (χ0) is 15.0. The number of benzene rings is 1. The fourth-order valence-electron chi connectivity index (χ4n) is 2.38. The predicted molar refractivity (Wildman–Crippen MR) is 72.3 cm³/mol. The van der Waals surface area contributed by atoms with Crippen LogP contribution in [0, 0.1) is 0 Å². The van der Waals surface area contributed by atoms with Gasteiger partial charge in [-0.05, 0) is 18.2 Å². The summed E-state index contributed by atoms with van der Waals surface area (Å²) in [4.78, 5) is 26.0. The minimum Gasteiger partial charge on any atom is -0.493 e. The Morgan fingerprint density at radius 3 is 2.57 bits per heavy atom. The summed E-state index contributed by atoms with van der Waals surface area (Å²) in [6.45, 7) is 0.137. The molecular weight excluding hydrogens is 274 g/mol. The van der Waals surface area contributed by atoms with E-state index in [9.17, 15) is 9.59 Å². The van der Waals surface area contributed by atoms with Crippen molar-refractivity contribution in [1.29, 1.82) is 0 Å². The lowest BCUT2D eigenvalue weighted by molar-refractivity contribution is 0.0639. The smallest absolute Gasteiger partial charge is 0.265 e. The highest BCUT2D eigenvalue weighted by Gasteiger charge is 2.39. The minimum atomic E-state index is -0.402. The second kappa shape index (κ2) is 4.93. The second-order valence-electron chi connectivity index (χ2n) is 4.50. The predicted octanol–water partition coefficient (Wildman–Crippen LogP) is 1.22. The lowest BCUT2D eigenvalue weighted by Crippen LogP contribution is -2.29. The van der Waals surface area contributed by atoms with Gasteiger partial charge < -0.3 is 9.47 Å². The van der Waals surface area contributed by atoms with Gasteiger partial charge in [0.25, 0.3) is 11.8 Å². The molecule has 7 nitrogen and oxygen atoms in total. The number of carbonyl (C=O) groups is 2. The molecule has 0 saturated heterocycles. The van der Waals surface area contributed by atoms with E-state index in [0.29, 0.717) is 17.0 Å². The fraction of sp³-hybridized carbons (Fsp3) is 0.214. The second-order valence-corrected chi connectivity index (χ2v) is 4.50. The molecule has 0 aliphatic carbocycles. The number of ether oxygens (including phenoxy) is 2. The van der Waals surface area contributed by atoms with E-state index in [1.165, 1.54) is 14.2 Å². The third-order valence-corrected chi connectivity index (χ3v) is 3.37. The molecule has 1 aliphatic rings. The van der Waals surface area contributed by atoms with Crippen LogP contribution in [0.4, 0.5) is 0 Å². The van der Waals surface area contributed by atoms with Crippen LogP contribution in [-0.4, -0.2) is 41.1 Å². The number of rotatable bonds is 4. The van der Waals surface area contributed by atoms with Gasteiger partial charge in [0.05, 0.1) is 37.6 Å². The van der Waals surface area contributed by atoms with Crippen LogP contribution >= 0.6 is 0 Å². The van der Waals surface area contributed by atoms with Crippen molar-refractivity contribution in [1.82, 2.24) is 15.1 Å². The van der Waals surface area contributed by atoms with E-state index < -0.39 is 5.91 Å². The van der Waals surface area contributed by atoms with E-state index in [-0.39, 0.29) is 23.8 Å². The van der Waals surface area contributed by atoms with Crippen molar-refractivity contribution in [3.63, 3.8) is 0 Å². The maximum atomic E-state index is 12.5. The Kier molecular flexibility index (Phi) is 3.09. The number of amides is 2. The van der Waals surface area contributed by atoms with Gasteiger partial charge in [0, 0.05) is 6.20 Å². The molecular formula is C14H13N3O4. The largest absolute Gasteiger partial charge is 0.493 e. The van der Waals surface area contributed by atoms with Crippen LogP contribution in [0.15, 0.2) is 24.4 Å². The van der Waals surface area contributed by atoms with Crippen molar-refractivity contribution in [3.05, 3.63) is 41.2 Å². The normalized spacial score (nSPS) is 13.5. The topological polar surface area (TPSA) is 84.5 Å². The summed E-state index contributed by atoms with van der Waals surface area (Å²) in [5.41, 5.74) is 1.23. The van der Waals surface area contributed by atoms with Gasteiger partial charge in [-0.25, -0.2) is 0 Å². The number of nitrogens with zero attached hydrogens (tertiary/aromatic N) is 2. The van der Waals surface area contributed by atoms with E-state index in [4.69, 9.17) is 9.47 Å². The van der Waals surface area contributed by atoms with Gasteiger partial charge in [0.15, 0.2) is 11.5 Å². The molecule has 2 heterocycles. The molecule has 0 unspecified atom stereocenters. The summed E-state index contributed by atoms with van der Waals surface area (Å²) < 4.78 is 10.4. The average molecular weight is 287 g/mol. The Morgan fingerprint density at radius 2 is 1.95 bits per heavy atom. The Morgan fingerprint density at radius 1 is 1.14 bits per heavy atom. The van der Waals surface area contributed by atoms with Crippen molar-refractivity contribution < 1.29 is 19.1 Å². The monoisotopic (exact) mass is 287 g/mol. The first-order chi connectivity index (χ1) is 10.2. The van der Waals surface area contributed by atoms with Gasteiger partial charge in [-0.15, -0.1) is 0 Å². The Bertz CT molecular complexity index is 709. The summed E-state index contributed by atoms with van der Waals surface area (Å²) in [6, 6.07) is 4.90. The van der Waals surface area contributed by atoms with Crippen LogP contribution in [0.3, 0.4) is 0 Å². The molecule has 0 fully saturated rings. The van der Waals surface area contributed by atoms with Gasteiger partial charge in [-0.3, -0.25) is 19.6 Å². The molecule has 108 valence electrons. The molecule has 1 N–H and O–H groups in total. The molecule has 1 aromatic heterocycles. The molecule has 2 aromatic rings. The maximum absolute atomic E-state index is 12.5.